The van der Waals surface area contributed by atoms with Crippen molar-refractivity contribution in [2.24, 2.45) is 5.92 Å². The van der Waals surface area contributed by atoms with Crippen LogP contribution >= 0.6 is 0 Å². The van der Waals surface area contributed by atoms with Crippen LogP contribution in [0.3, 0.4) is 0 Å². The number of piperazine rings is 1. The molecule has 0 radical (unpaired) electrons. The van der Waals surface area contributed by atoms with E-state index in [0.717, 1.165) is 12.8 Å². The van der Waals surface area contributed by atoms with Gasteiger partial charge >= 0.3 is 6.03 Å². The molecule has 0 aromatic carbocycles. The summed E-state index contributed by atoms with van der Waals surface area (Å²) in [6, 6.07) is -0.472. The fourth-order valence-electron chi connectivity index (χ4n) is 2.46. The van der Waals surface area contributed by atoms with Gasteiger partial charge in [-0.1, -0.05) is 0 Å². The molecule has 1 aliphatic heterocycles. The van der Waals surface area contributed by atoms with Gasteiger partial charge in [0.2, 0.25) is 11.8 Å². The molecule has 0 spiro atoms. The fraction of sp³-hybridized carbons (Fsp3) is 0.800. The molecule has 124 valence electrons. The standard InChI is InChI=1S/C15H26N4O3/c1-15(2,3)17-14(22)16-12(20)10-18-6-8-19(9-7-18)13(21)11-4-5-11/h11H,4-10H2,1-3H3,(H2,16,17,20,22). The summed E-state index contributed by atoms with van der Waals surface area (Å²) in [5.74, 6) is 0.188. The second-order valence-corrected chi connectivity index (χ2v) is 7.13. The number of imide groups is 1. The number of hydrogen-bond acceptors (Lipinski definition) is 4. The second-order valence-electron chi connectivity index (χ2n) is 7.13. The van der Waals surface area contributed by atoms with Gasteiger partial charge < -0.3 is 10.2 Å². The molecule has 0 bridgehead atoms. The summed E-state index contributed by atoms with van der Waals surface area (Å²) in [5, 5.41) is 5.02. The van der Waals surface area contributed by atoms with Crippen LogP contribution < -0.4 is 10.6 Å². The van der Waals surface area contributed by atoms with Gasteiger partial charge in [0, 0.05) is 37.6 Å². The zero-order valence-corrected chi connectivity index (χ0v) is 13.6. The van der Waals surface area contributed by atoms with Crippen LogP contribution in [-0.2, 0) is 9.59 Å². The summed E-state index contributed by atoms with van der Waals surface area (Å²) in [6.07, 6.45) is 2.04. The Bertz CT molecular complexity index is 446. The quantitative estimate of drug-likeness (QED) is 0.778. The van der Waals surface area contributed by atoms with Crippen molar-refractivity contribution in [2.75, 3.05) is 32.7 Å². The van der Waals surface area contributed by atoms with E-state index in [0.29, 0.717) is 26.2 Å². The van der Waals surface area contributed by atoms with Crippen molar-refractivity contribution in [3.8, 4) is 0 Å². The molecule has 0 aromatic heterocycles. The van der Waals surface area contributed by atoms with E-state index in [2.05, 4.69) is 10.6 Å². The van der Waals surface area contributed by atoms with Gasteiger partial charge in [0.15, 0.2) is 0 Å². The maximum atomic E-state index is 11.9. The average Bonchev–Trinajstić information content (AvgIpc) is 3.20. The van der Waals surface area contributed by atoms with Crippen molar-refractivity contribution < 1.29 is 14.4 Å². The molecular weight excluding hydrogens is 284 g/mol. The fourth-order valence-corrected chi connectivity index (χ4v) is 2.46. The second kappa shape index (κ2) is 6.64. The minimum Gasteiger partial charge on any atom is -0.340 e. The SMILES string of the molecule is CC(C)(C)NC(=O)NC(=O)CN1CCN(C(=O)C2CC2)CC1. The minimum absolute atomic E-state index is 0.184. The van der Waals surface area contributed by atoms with E-state index in [9.17, 15) is 14.4 Å². The first-order valence-electron chi connectivity index (χ1n) is 7.88. The predicted molar refractivity (Wildman–Crippen MR) is 82.2 cm³/mol. The molecule has 1 heterocycles. The highest BCUT2D eigenvalue weighted by molar-refractivity contribution is 5.95. The third-order valence-electron chi connectivity index (χ3n) is 3.72. The molecule has 1 saturated carbocycles. The molecule has 7 heteroatoms. The number of nitrogens with zero attached hydrogens (tertiary/aromatic N) is 2. The summed E-state index contributed by atoms with van der Waals surface area (Å²) >= 11 is 0. The van der Waals surface area contributed by atoms with Crippen LogP contribution in [0.1, 0.15) is 33.6 Å². The van der Waals surface area contributed by atoms with E-state index in [4.69, 9.17) is 0 Å². The zero-order valence-electron chi connectivity index (χ0n) is 13.6. The Morgan fingerprint density at radius 3 is 2.14 bits per heavy atom. The Morgan fingerprint density at radius 1 is 1.05 bits per heavy atom. The van der Waals surface area contributed by atoms with Gasteiger partial charge in [-0.25, -0.2) is 4.79 Å². The molecule has 0 atom stereocenters. The highest BCUT2D eigenvalue weighted by Gasteiger charge is 2.34. The van der Waals surface area contributed by atoms with E-state index in [1.807, 2.05) is 30.6 Å². The lowest BCUT2D eigenvalue weighted by molar-refractivity contribution is -0.134. The molecule has 2 N–H and O–H groups in total. The van der Waals surface area contributed by atoms with Gasteiger partial charge in [-0.3, -0.25) is 19.8 Å². The lowest BCUT2D eigenvalue weighted by Gasteiger charge is -2.34. The van der Waals surface area contributed by atoms with Crippen molar-refractivity contribution in [2.45, 2.75) is 39.2 Å². The maximum absolute atomic E-state index is 11.9. The molecule has 0 unspecified atom stereocenters. The first-order chi connectivity index (χ1) is 10.2. The molecule has 2 fully saturated rings. The van der Waals surface area contributed by atoms with E-state index in [-0.39, 0.29) is 29.8 Å². The van der Waals surface area contributed by atoms with Gasteiger partial charge in [0.05, 0.1) is 6.54 Å². The van der Waals surface area contributed by atoms with Crippen LogP contribution in [0.4, 0.5) is 4.79 Å². The van der Waals surface area contributed by atoms with E-state index in [1.54, 1.807) is 0 Å². The van der Waals surface area contributed by atoms with Crippen LogP contribution in [0, 0.1) is 5.92 Å². The Hall–Kier alpha value is -1.63. The first kappa shape index (κ1) is 16.7. The third kappa shape index (κ3) is 5.29. The first-order valence-corrected chi connectivity index (χ1v) is 7.88. The average molecular weight is 310 g/mol. The highest BCUT2D eigenvalue weighted by atomic mass is 16.2. The Labute approximate surface area is 131 Å². The molecule has 1 aliphatic carbocycles. The molecule has 0 aromatic rings. The van der Waals surface area contributed by atoms with Crippen molar-refractivity contribution >= 4 is 17.8 Å². The lowest BCUT2D eigenvalue weighted by Crippen LogP contribution is -2.54. The Balaban J connectivity index is 1.68. The molecular formula is C15H26N4O3. The summed E-state index contributed by atoms with van der Waals surface area (Å²) in [6.45, 7) is 8.42. The van der Waals surface area contributed by atoms with Crippen molar-refractivity contribution in [3.63, 3.8) is 0 Å². The molecule has 4 amide bonds. The zero-order chi connectivity index (χ0) is 16.3. The van der Waals surface area contributed by atoms with Gasteiger partial charge in [0.25, 0.3) is 0 Å². The van der Waals surface area contributed by atoms with Crippen LogP contribution in [0.5, 0.6) is 0 Å². The highest BCUT2D eigenvalue weighted by Crippen LogP contribution is 2.31. The number of urea groups is 1. The molecule has 2 rings (SSSR count). The van der Waals surface area contributed by atoms with Crippen molar-refractivity contribution in [3.05, 3.63) is 0 Å². The van der Waals surface area contributed by atoms with Gasteiger partial charge in [-0.15, -0.1) is 0 Å². The summed E-state index contributed by atoms with van der Waals surface area (Å²) in [7, 11) is 0. The number of carbonyl (C=O) groups is 3. The van der Waals surface area contributed by atoms with E-state index < -0.39 is 6.03 Å². The monoisotopic (exact) mass is 310 g/mol. The van der Waals surface area contributed by atoms with Gasteiger partial charge in [-0.2, -0.15) is 0 Å². The Kier molecular flexibility index (Phi) is 5.05. The molecule has 7 nitrogen and oxygen atoms in total. The molecule has 22 heavy (non-hydrogen) atoms. The van der Waals surface area contributed by atoms with Crippen molar-refractivity contribution in [1.29, 1.82) is 0 Å². The Morgan fingerprint density at radius 2 is 1.64 bits per heavy atom. The summed E-state index contributed by atoms with van der Waals surface area (Å²) < 4.78 is 0. The number of amides is 4. The minimum atomic E-state index is -0.472. The lowest BCUT2D eigenvalue weighted by atomic mass is 10.1. The largest absolute Gasteiger partial charge is 0.340 e. The van der Waals surface area contributed by atoms with E-state index in [1.165, 1.54) is 0 Å². The van der Waals surface area contributed by atoms with Gasteiger partial charge in [-0.05, 0) is 33.6 Å². The molecule has 2 aliphatic rings. The smallest absolute Gasteiger partial charge is 0.321 e. The molecule has 1 saturated heterocycles. The summed E-state index contributed by atoms with van der Waals surface area (Å²) in [5.41, 5.74) is -0.376. The predicted octanol–water partition coefficient (Wildman–Crippen LogP) is 0.165. The van der Waals surface area contributed by atoms with Crippen LogP contribution in [0.25, 0.3) is 0 Å². The normalized spacial score (nSPS) is 19.7. The maximum Gasteiger partial charge on any atom is 0.321 e. The number of nitrogens with one attached hydrogen (secondary N) is 2. The van der Waals surface area contributed by atoms with Crippen LogP contribution in [0.15, 0.2) is 0 Å². The van der Waals surface area contributed by atoms with Crippen molar-refractivity contribution in [1.82, 2.24) is 20.4 Å². The van der Waals surface area contributed by atoms with Gasteiger partial charge in [0.1, 0.15) is 0 Å². The topological polar surface area (TPSA) is 81.8 Å². The third-order valence-corrected chi connectivity index (χ3v) is 3.72. The number of hydrogen-bond donors (Lipinski definition) is 2. The van der Waals surface area contributed by atoms with Crippen LogP contribution in [-0.4, -0.2) is 65.9 Å². The van der Waals surface area contributed by atoms with E-state index >= 15 is 0 Å². The summed E-state index contributed by atoms with van der Waals surface area (Å²) in [4.78, 5) is 39.3. The van der Waals surface area contributed by atoms with Crippen LogP contribution in [0.2, 0.25) is 0 Å². The number of rotatable bonds is 3. The number of carbonyl (C=O) groups excluding carboxylic acids is 3.